The minimum Gasteiger partial charge on any atom is -0.349 e. The molecule has 1 unspecified atom stereocenters. The molecule has 4 N–H and O–H groups in total. The van der Waals surface area contributed by atoms with Crippen molar-refractivity contribution >= 4 is 11.6 Å². The van der Waals surface area contributed by atoms with Crippen LogP contribution in [0.1, 0.15) is 61.5 Å². The van der Waals surface area contributed by atoms with Gasteiger partial charge >= 0.3 is 0 Å². The van der Waals surface area contributed by atoms with Crippen molar-refractivity contribution in [1.82, 2.24) is 10.3 Å². The largest absolute Gasteiger partial charge is 0.349 e. The Hall–Kier alpha value is -1.62. The molecule has 1 aliphatic carbocycles. The van der Waals surface area contributed by atoms with E-state index in [0.717, 1.165) is 12.1 Å². The van der Waals surface area contributed by atoms with E-state index in [4.69, 9.17) is 5.84 Å². The minimum atomic E-state index is -0.0899. The van der Waals surface area contributed by atoms with Crippen molar-refractivity contribution in [2.24, 2.45) is 11.8 Å². The molecule has 0 spiro atoms. The Kier molecular flexibility index (Phi) is 5.56. The van der Waals surface area contributed by atoms with Crippen molar-refractivity contribution < 1.29 is 4.79 Å². The van der Waals surface area contributed by atoms with Gasteiger partial charge in [-0.3, -0.25) is 15.6 Å². The summed E-state index contributed by atoms with van der Waals surface area (Å²) < 4.78 is 0. The molecule has 1 aromatic rings. The van der Waals surface area contributed by atoms with E-state index in [2.05, 4.69) is 22.7 Å². The fourth-order valence-corrected chi connectivity index (χ4v) is 3.20. The van der Waals surface area contributed by atoms with E-state index in [0.29, 0.717) is 17.2 Å². The fourth-order valence-electron chi connectivity index (χ4n) is 3.20. The monoisotopic (exact) mass is 290 g/mol. The number of carbonyl (C=O) groups excluding carboxylic acids is 1. The van der Waals surface area contributed by atoms with Gasteiger partial charge in [0.15, 0.2) is 0 Å². The van der Waals surface area contributed by atoms with Crippen LogP contribution in [0, 0.1) is 12.8 Å². The van der Waals surface area contributed by atoms with Crippen LogP contribution in [0.4, 0.5) is 5.69 Å². The van der Waals surface area contributed by atoms with Gasteiger partial charge in [-0.25, -0.2) is 0 Å². The molecule has 21 heavy (non-hydrogen) atoms. The molecule has 0 saturated heterocycles. The first-order chi connectivity index (χ1) is 10.2. The van der Waals surface area contributed by atoms with E-state index >= 15 is 0 Å². The predicted molar refractivity (Wildman–Crippen MR) is 84.9 cm³/mol. The number of nitrogens with one attached hydrogen (secondary N) is 2. The Morgan fingerprint density at radius 3 is 2.76 bits per heavy atom. The predicted octanol–water partition coefficient (Wildman–Crippen LogP) is 2.76. The fraction of sp³-hybridized carbons (Fsp3) is 0.625. The second-order valence-corrected chi connectivity index (χ2v) is 5.90. The van der Waals surface area contributed by atoms with Gasteiger partial charge in [0.05, 0.1) is 11.3 Å². The van der Waals surface area contributed by atoms with Crippen LogP contribution in [-0.4, -0.2) is 16.9 Å². The zero-order valence-electron chi connectivity index (χ0n) is 13.0. The normalized spacial score (nSPS) is 17.3. The molecule has 5 heteroatoms. The van der Waals surface area contributed by atoms with Gasteiger partial charge in [-0.1, -0.05) is 26.2 Å². The highest BCUT2D eigenvalue weighted by atomic mass is 16.1. The molecule has 0 radical (unpaired) electrons. The van der Waals surface area contributed by atoms with Crippen molar-refractivity contribution in [2.75, 3.05) is 5.43 Å². The highest BCUT2D eigenvalue weighted by Crippen LogP contribution is 2.28. The van der Waals surface area contributed by atoms with Gasteiger partial charge in [0.2, 0.25) is 0 Å². The number of pyridine rings is 1. The Morgan fingerprint density at radius 2 is 2.14 bits per heavy atom. The number of hydrazine groups is 1. The molecule has 2 rings (SSSR count). The molecule has 1 aromatic heterocycles. The lowest BCUT2D eigenvalue weighted by Gasteiger charge is -2.30. The quantitative estimate of drug-likeness (QED) is 0.575. The number of nitrogens with zero attached hydrogens (tertiary/aromatic N) is 1. The third-order valence-corrected chi connectivity index (χ3v) is 4.42. The number of anilines is 1. The Labute approximate surface area is 126 Å². The summed E-state index contributed by atoms with van der Waals surface area (Å²) in [5.41, 5.74) is 4.55. The number of aryl methyl sites for hydroxylation is 1. The van der Waals surface area contributed by atoms with Crippen molar-refractivity contribution in [3.8, 4) is 0 Å². The van der Waals surface area contributed by atoms with Crippen molar-refractivity contribution in [1.29, 1.82) is 0 Å². The molecule has 1 aliphatic rings. The lowest BCUT2D eigenvalue weighted by atomic mass is 9.83. The summed E-state index contributed by atoms with van der Waals surface area (Å²) in [7, 11) is 0. The summed E-state index contributed by atoms with van der Waals surface area (Å²) in [5, 5.41) is 3.17. The summed E-state index contributed by atoms with van der Waals surface area (Å²) in [6, 6.07) is 2.03. The molecule has 0 aromatic carbocycles. The molecule has 0 bridgehead atoms. The van der Waals surface area contributed by atoms with Crippen LogP contribution in [0.15, 0.2) is 12.3 Å². The average Bonchev–Trinajstić information content (AvgIpc) is 2.53. The molecule has 0 aliphatic heterocycles. The number of aromatic nitrogens is 1. The van der Waals surface area contributed by atoms with Crippen LogP contribution in [0.5, 0.6) is 0 Å². The SMILES string of the molecule is CCC(NC(=O)c1cnc(C)cc1NN)C1CCCCC1. The Balaban J connectivity index is 2.08. The smallest absolute Gasteiger partial charge is 0.255 e. The molecule has 1 heterocycles. The zero-order chi connectivity index (χ0) is 15.2. The number of nitrogens with two attached hydrogens (primary N) is 1. The van der Waals surface area contributed by atoms with Gasteiger partial charge in [-0.2, -0.15) is 0 Å². The van der Waals surface area contributed by atoms with E-state index in [9.17, 15) is 4.79 Å². The standard InChI is InChI=1S/C16H26N4O/c1-3-14(12-7-5-4-6-8-12)19-16(21)13-10-18-11(2)9-15(13)20-17/h9-10,12,14H,3-8,17H2,1-2H3,(H,18,20)(H,19,21). The summed E-state index contributed by atoms with van der Waals surface area (Å²) in [5.74, 6) is 6.01. The first-order valence-corrected chi connectivity index (χ1v) is 7.89. The van der Waals surface area contributed by atoms with Crippen LogP contribution >= 0.6 is 0 Å². The number of nitrogen functional groups attached to an aromatic ring is 1. The molecule has 1 atom stereocenters. The van der Waals surface area contributed by atoms with Crippen LogP contribution < -0.4 is 16.6 Å². The lowest BCUT2D eigenvalue weighted by molar-refractivity contribution is 0.0911. The summed E-state index contributed by atoms with van der Waals surface area (Å²) >= 11 is 0. The minimum absolute atomic E-state index is 0.0899. The van der Waals surface area contributed by atoms with Crippen LogP contribution in [0.3, 0.4) is 0 Å². The van der Waals surface area contributed by atoms with Gasteiger partial charge < -0.3 is 10.7 Å². The number of amides is 1. The summed E-state index contributed by atoms with van der Waals surface area (Å²) in [4.78, 5) is 16.7. The number of hydrogen-bond acceptors (Lipinski definition) is 4. The maximum absolute atomic E-state index is 12.5. The lowest BCUT2D eigenvalue weighted by Crippen LogP contribution is -2.41. The Morgan fingerprint density at radius 1 is 1.43 bits per heavy atom. The average molecular weight is 290 g/mol. The van der Waals surface area contributed by atoms with Crippen LogP contribution in [-0.2, 0) is 0 Å². The molecule has 5 nitrogen and oxygen atoms in total. The van der Waals surface area contributed by atoms with Gasteiger partial charge in [0.1, 0.15) is 0 Å². The van der Waals surface area contributed by atoms with E-state index in [-0.39, 0.29) is 11.9 Å². The van der Waals surface area contributed by atoms with Gasteiger partial charge in [-0.15, -0.1) is 0 Å². The van der Waals surface area contributed by atoms with E-state index in [1.165, 1.54) is 32.1 Å². The van der Waals surface area contributed by atoms with E-state index in [1.54, 1.807) is 12.3 Å². The first kappa shape index (κ1) is 15.8. The number of rotatable bonds is 5. The number of hydrogen-bond donors (Lipinski definition) is 3. The number of carbonyl (C=O) groups is 1. The topological polar surface area (TPSA) is 80.0 Å². The zero-order valence-corrected chi connectivity index (χ0v) is 13.0. The van der Waals surface area contributed by atoms with Gasteiger partial charge in [0, 0.05) is 17.9 Å². The summed E-state index contributed by atoms with van der Waals surface area (Å²) in [6.07, 6.45) is 8.86. The van der Waals surface area contributed by atoms with Gasteiger partial charge in [-0.05, 0) is 38.2 Å². The van der Waals surface area contributed by atoms with E-state index < -0.39 is 0 Å². The Bertz CT molecular complexity index is 483. The van der Waals surface area contributed by atoms with Gasteiger partial charge in [0.25, 0.3) is 5.91 Å². The van der Waals surface area contributed by atoms with Crippen molar-refractivity contribution in [3.05, 3.63) is 23.5 Å². The molecule has 1 fully saturated rings. The van der Waals surface area contributed by atoms with Crippen molar-refractivity contribution in [3.63, 3.8) is 0 Å². The molecule has 116 valence electrons. The molecular formula is C16H26N4O. The molecule has 1 saturated carbocycles. The second kappa shape index (κ2) is 7.41. The maximum Gasteiger partial charge on any atom is 0.255 e. The first-order valence-electron chi connectivity index (χ1n) is 7.89. The highest BCUT2D eigenvalue weighted by Gasteiger charge is 2.24. The highest BCUT2D eigenvalue weighted by molar-refractivity contribution is 5.99. The van der Waals surface area contributed by atoms with Crippen LogP contribution in [0.25, 0.3) is 0 Å². The van der Waals surface area contributed by atoms with Crippen LogP contribution in [0.2, 0.25) is 0 Å². The second-order valence-electron chi connectivity index (χ2n) is 5.90. The third-order valence-electron chi connectivity index (χ3n) is 4.42. The van der Waals surface area contributed by atoms with E-state index in [1.807, 2.05) is 6.92 Å². The summed E-state index contributed by atoms with van der Waals surface area (Å²) in [6.45, 7) is 4.01. The molecular weight excluding hydrogens is 264 g/mol. The third kappa shape index (κ3) is 3.94. The van der Waals surface area contributed by atoms with Crippen molar-refractivity contribution in [2.45, 2.75) is 58.4 Å². The maximum atomic E-state index is 12.5. The molecule has 1 amide bonds.